The Morgan fingerprint density at radius 2 is 1.62 bits per heavy atom. The lowest BCUT2D eigenvalue weighted by molar-refractivity contribution is 0.0856. The largest absolute Gasteiger partial charge is 0.497 e. The quantitative estimate of drug-likeness (QED) is 0.380. The highest BCUT2D eigenvalue weighted by Crippen LogP contribution is 2.27. The van der Waals surface area contributed by atoms with E-state index in [1.807, 2.05) is 79.5 Å². The van der Waals surface area contributed by atoms with Crippen LogP contribution in [0.3, 0.4) is 0 Å². The Hall–Kier alpha value is -3.62. The van der Waals surface area contributed by atoms with Crippen LogP contribution in [0.1, 0.15) is 9.59 Å². The number of likely N-dealkylation sites (N-methyl/N-ethyl adjacent to an activating group) is 2. The Kier molecular flexibility index (Phi) is 7.00. The van der Waals surface area contributed by atoms with Gasteiger partial charge in [-0.3, -0.25) is 23.6 Å². The van der Waals surface area contributed by atoms with Gasteiger partial charge < -0.3 is 14.4 Å². The van der Waals surface area contributed by atoms with Crippen molar-refractivity contribution >= 4 is 33.6 Å². The Bertz CT molecular complexity index is 1320. The molecule has 4 aromatic rings. The zero-order chi connectivity index (χ0) is 24.2. The fourth-order valence-electron chi connectivity index (χ4n) is 3.98. The molecular formula is C26H30N4O4. The molecule has 2 aromatic heterocycles. The van der Waals surface area contributed by atoms with E-state index in [4.69, 9.17) is 9.47 Å². The Morgan fingerprint density at radius 1 is 0.882 bits per heavy atom. The lowest BCUT2D eigenvalue weighted by atomic mass is 10.2. The van der Waals surface area contributed by atoms with Crippen molar-refractivity contribution in [2.75, 3.05) is 54.5 Å². The van der Waals surface area contributed by atoms with Crippen molar-refractivity contribution in [1.29, 1.82) is 0 Å². The maximum absolute atomic E-state index is 12.9. The highest BCUT2D eigenvalue weighted by atomic mass is 16.5. The highest BCUT2D eigenvalue weighted by molar-refractivity contribution is 5.96. The molecule has 0 radical (unpaired) electrons. The van der Waals surface area contributed by atoms with Crippen LogP contribution in [0, 0.1) is 0 Å². The SMILES string of the molecule is COc1ccc2ccn(C(=O)CN(C)CCOc3cccc4ccn(C(=O)CN(C)C)c34)c2c1. The van der Waals surface area contributed by atoms with Crippen molar-refractivity contribution in [2.24, 2.45) is 0 Å². The second-order valence-electron chi connectivity index (χ2n) is 8.60. The van der Waals surface area contributed by atoms with Gasteiger partial charge in [0.2, 0.25) is 11.8 Å². The first-order valence-corrected chi connectivity index (χ1v) is 11.1. The fourth-order valence-corrected chi connectivity index (χ4v) is 3.98. The molecule has 2 aromatic carbocycles. The molecule has 2 heterocycles. The summed E-state index contributed by atoms with van der Waals surface area (Å²) in [5, 5.41) is 1.93. The molecule has 0 N–H and O–H groups in total. The van der Waals surface area contributed by atoms with Crippen molar-refractivity contribution in [3.05, 3.63) is 60.9 Å². The second kappa shape index (κ2) is 10.1. The monoisotopic (exact) mass is 462 g/mol. The van der Waals surface area contributed by atoms with Crippen molar-refractivity contribution < 1.29 is 19.1 Å². The molecule has 0 saturated heterocycles. The molecule has 0 atom stereocenters. The Balaban J connectivity index is 1.40. The van der Waals surface area contributed by atoms with Crippen molar-refractivity contribution in [2.45, 2.75) is 0 Å². The molecule has 0 fully saturated rings. The molecule has 0 bridgehead atoms. The minimum Gasteiger partial charge on any atom is -0.497 e. The van der Waals surface area contributed by atoms with Gasteiger partial charge >= 0.3 is 0 Å². The summed E-state index contributed by atoms with van der Waals surface area (Å²) < 4.78 is 14.6. The number of nitrogens with zero attached hydrogens (tertiary/aromatic N) is 4. The third kappa shape index (κ3) is 4.98. The van der Waals surface area contributed by atoms with Crippen molar-refractivity contribution in [3.63, 3.8) is 0 Å². The Labute approximate surface area is 198 Å². The molecule has 8 nitrogen and oxygen atoms in total. The van der Waals surface area contributed by atoms with Gasteiger partial charge in [0.25, 0.3) is 0 Å². The summed E-state index contributed by atoms with van der Waals surface area (Å²) in [4.78, 5) is 29.3. The first-order chi connectivity index (χ1) is 16.4. The van der Waals surface area contributed by atoms with Crippen LogP contribution in [-0.4, -0.2) is 85.2 Å². The van der Waals surface area contributed by atoms with Crippen molar-refractivity contribution in [3.8, 4) is 11.5 Å². The fraction of sp³-hybridized carbons (Fsp3) is 0.308. The molecule has 0 saturated carbocycles. The van der Waals surface area contributed by atoms with Crippen LogP contribution in [0.5, 0.6) is 11.5 Å². The lowest BCUT2D eigenvalue weighted by Gasteiger charge is -2.18. The first-order valence-electron chi connectivity index (χ1n) is 11.1. The molecule has 0 amide bonds. The number of rotatable bonds is 9. The molecule has 0 aliphatic heterocycles. The summed E-state index contributed by atoms with van der Waals surface area (Å²) in [6.07, 6.45) is 3.57. The van der Waals surface area contributed by atoms with E-state index in [2.05, 4.69) is 0 Å². The molecule has 34 heavy (non-hydrogen) atoms. The van der Waals surface area contributed by atoms with E-state index in [1.54, 1.807) is 28.6 Å². The van der Waals surface area contributed by atoms with Gasteiger partial charge in [0.05, 0.1) is 31.2 Å². The average molecular weight is 463 g/mol. The summed E-state index contributed by atoms with van der Waals surface area (Å²) >= 11 is 0. The zero-order valence-corrected chi connectivity index (χ0v) is 20.0. The van der Waals surface area contributed by atoms with Gasteiger partial charge in [0.15, 0.2) is 0 Å². The van der Waals surface area contributed by atoms with E-state index in [1.165, 1.54) is 0 Å². The number of hydrogen-bond acceptors (Lipinski definition) is 6. The standard InChI is InChI=1S/C26H30N4O4/c1-27(2)17-24(31)30-13-11-20-6-5-7-23(26(20)30)34-15-14-28(3)18-25(32)29-12-10-19-8-9-21(33-4)16-22(19)29/h5-13,16H,14-15,17-18H2,1-4H3. The van der Waals surface area contributed by atoms with Gasteiger partial charge in [-0.15, -0.1) is 0 Å². The van der Waals surface area contributed by atoms with Crippen LogP contribution < -0.4 is 9.47 Å². The predicted octanol–water partition coefficient (Wildman–Crippen LogP) is 3.46. The summed E-state index contributed by atoms with van der Waals surface area (Å²) in [5.74, 6) is 1.31. The van der Waals surface area contributed by atoms with Crippen LogP contribution in [0.15, 0.2) is 60.9 Å². The van der Waals surface area contributed by atoms with E-state index in [9.17, 15) is 9.59 Å². The Morgan fingerprint density at radius 3 is 2.38 bits per heavy atom. The van der Waals surface area contributed by atoms with Gasteiger partial charge in [-0.05, 0) is 51.5 Å². The molecule has 0 aliphatic carbocycles. The summed E-state index contributed by atoms with van der Waals surface area (Å²) in [6.45, 7) is 1.49. The highest BCUT2D eigenvalue weighted by Gasteiger charge is 2.15. The van der Waals surface area contributed by atoms with Crippen LogP contribution in [0.2, 0.25) is 0 Å². The number of benzene rings is 2. The summed E-state index contributed by atoms with van der Waals surface area (Å²) in [7, 11) is 7.23. The van der Waals surface area contributed by atoms with Gasteiger partial charge in [-0.25, -0.2) is 0 Å². The zero-order valence-electron chi connectivity index (χ0n) is 20.0. The summed E-state index contributed by atoms with van der Waals surface area (Å²) in [6, 6.07) is 15.3. The number of carbonyl (C=O) groups excluding carboxylic acids is 2. The molecule has 0 unspecified atom stereocenters. The number of fused-ring (bicyclic) bond motifs is 2. The van der Waals surface area contributed by atoms with E-state index in [0.29, 0.717) is 31.2 Å². The van der Waals surface area contributed by atoms with E-state index in [0.717, 1.165) is 21.8 Å². The van der Waals surface area contributed by atoms with Gasteiger partial charge in [-0.2, -0.15) is 0 Å². The maximum atomic E-state index is 12.9. The number of methoxy groups -OCH3 is 1. The van der Waals surface area contributed by atoms with Gasteiger partial charge in [-0.1, -0.05) is 12.1 Å². The van der Waals surface area contributed by atoms with Gasteiger partial charge in [0.1, 0.15) is 18.1 Å². The third-order valence-corrected chi connectivity index (χ3v) is 5.70. The number of para-hydroxylation sites is 1. The normalized spacial score (nSPS) is 11.6. The third-order valence-electron chi connectivity index (χ3n) is 5.70. The second-order valence-corrected chi connectivity index (χ2v) is 8.60. The van der Waals surface area contributed by atoms with Crippen LogP contribution in [0.4, 0.5) is 0 Å². The van der Waals surface area contributed by atoms with Gasteiger partial charge in [0, 0.05) is 35.8 Å². The smallest absolute Gasteiger partial charge is 0.245 e. The van der Waals surface area contributed by atoms with Crippen molar-refractivity contribution in [1.82, 2.24) is 18.9 Å². The summed E-state index contributed by atoms with van der Waals surface area (Å²) in [5.41, 5.74) is 1.59. The van der Waals surface area contributed by atoms with E-state index >= 15 is 0 Å². The predicted molar refractivity (Wildman–Crippen MR) is 133 cm³/mol. The minimum absolute atomic E-state index is 0.0191. The van der Waals surface area contributed by atoms with Crippen LogP contribution in [0.25, 0.3) is 21.8 Å². The first kappa shape index (κ1) is 23.5. The number of aromatic nitrogens is 2. The lowest BCUT2D eigenvalue weighted by Crippen LogP contribution is -2.32. The minimum atomic E-state index is -0.0315. The molecule has 0 aliphatic rings. The van der Waals surface area contributed by atoms with Crippen LogP contribution >= 0.6 is 0 Å². The molecule has 8 heteroatoms. The topological polar surface area (TPSA) is 68.9 Å². The van der Waals surface area contributed by atoms with E-state index < -0.39 is 0 Å². The maximum Gasteiger partial charge on any atom is 0.245 e. The number of ether oxygens (including phenoxy) is 2. The number of hydrogen-bond donors (Lipinski definition) is 0. The average Bonchev–Trinajstić information content (AvgIpc) is 3.43. The van der Waals surface area contributed by atoms with Crippen LogP contribution in [-0.2, 0) is 0 Å². The number of carbonyl (C=O) groups is 2. The molecule has 0 spiro atoms. The molecule has 4 rings (SSSR count). The molecular weight excluding hydrogens is 432 g/mol. The molecule has 178 valence electrons. The van der Waals surface area contributed by atoms with E-state index in [-0.39, 0.29) is 18.4 Å².